The van der Waals surface area contributed by atoms with Gasteiger partial charge in [0.1, 0.15) is 5.75 Å². The number of carbonyl (C=O) groups excluding carboxylic acids is 1. The zero-order valence-corrected chi connectivity index (χ0v) is 14.8. The number of carbonyl (C=O) groups is 1. The molecule has 2 atom stereocenters. The maximum absolute atomic E-state index is 12.9. The van der Waals surface area contributed by atoms with E-state index in [-0.39, 0.29) is 18.4 Å². The molecule has 0 aliphatic carbocycles. The topological polar surface area (TPSA) is 49.8 Å². The minimum atomic E-state index is -1.16. The van der Waals surface area contributed by atoms with Gasteiger partial charge in [-0.2, -0.15) is 0 Å². The van der Waals surface area contributed by atoms with E-state index in [1.807, 2.05) is 59.5 Å². The summed E-state index contributed by atoms with van der Waals surface area (Å²) < 4.78 is 5.21. The Balaban J connectivity index is 1.74. The van der Waals surface area contributed by atoms with E-state index in [2.05, 4.69) is 0 Å². The van der Waals surface area contributed by atoms with Crippen LogP contribution < -0.4 is 4.74 Å². The molecule has 25 heavy (non-hydrogen) atoms. The lowest BCUT2D eigenvalue weighted by Crippen LogP contribution is -2.36. The fourth-order valence-electron chi connectivity index (χ4n) is 3.53. The average molecular weight is 339 g/mol. The van der Waals surface area contributed by atoms with E-state index in [0.717, 1.165) is 36.3 Å². The van der Waals surface area contributed by atoms with Crippen molar-refractivity contribution in [2.45, 2.75) is 37.8 Å². The minimum absolute atomic E-state index is 0.00725. The highest BCUT2D eigenvalue weighted by Gasteiger charge is 2.34. The molecule has 1 aliphatic rings. The third kappa shape index (κ3) is 3.85. The number of ether oxygens (including phenoxy) is 1. The van der Waals surface area contributed by atoms with E-state index in [0.29, 0.717) is 0 Å². The molecule has 0 bridgehead atoms. The molecule has 1 saturated heterocycles. The minimum Gasteiger partial charge on any atom is -0.497 e. The molecule has 4 nitrogen and oxygen atoms in total. The molecule has 2 aromatic carbocycles. The fraction of sp³-hybridized carbons (Fsp3) is 0.381. The Bertz CT molecular complexity index is 710. The van der Waals surface area contributed by atoms with E-state index in [4.69, 9.17) is 4.74 Å². The monoisotopic (exact) mass is 339 g/mol. The summed E-state index contributed by atoms with van der Waals surface area (Å²) in [6.45, 7) is 2.44. The van der Waals surface area contributed by atoms with Gasteiger partial charge in [0, 0.05) is 6.54 Å². The van der Waals surface area contributed by atoms with E-state index < -0.39 is 5.60 Å². The van der Waals surface area contributed by atoms with Crippen LogP contribution in [0, 0.1) is 0 Å². The smallest absolute Gasteiger partial charge is 0.226 e. The van der Waals surface area contributed by atoms with Crippen LogP contribution in [-0.4, -0.2) is 29.6 Å². The molecule has 2 aromatic rings. The summed E-state index contributed by atoms with van der Waals surface area (Å²) in [6, 6.07) is 17.3. The first-order valence-corrected chi connectivity index (χ1v) is 8.72. The zero-order valence-electron chi connectivity index (χ0n) is 14.8. The van der Waals surface area contributed by atoms with Crippen molar-refractivity contribution in [1.82, 2.24) is 4.90 Å². The van der Waals surface area contributed by atoms with E-state index in [1.54, 1.807) is 14.0 Å². The van der Waals surface area contributed by atoms with Gasteiger partial charge in [-0.1, -0.05) is 42.5 Å². The number of aliphatic hydroxyl groups is 1. The second-order valence-corrected chi connectivity index (χ2v) is 6.83. The molecule has 1 amide bonds. The van der Waals surface area contributed by atoms with Gasteiger partial charge < -0.3 is 14.7 Å². The Kier molecular flexibility index (Phi) is 5.09. The third-order valence-electron chi connectivity index (χ3n) is 4.96. The number of nitrogens with zero attached hydrogens (tertiary/aromatic N) is 1. The lowest BCUT2D eigenvalue weighted by molar-refractivity contribution is -0.137. The molecule has 2 unspecified atom stereocenters. The molecule has 0 spiro atoms. The summed E-state index contributed by atoms with van der Waals surface area (Å²) in [4.78, 5) is 14.8. The summed E-state index contributed by atoms with van der Waals surface area (Å²) in [6.07, 6.45) is 2.02. The van der Waals surface area contributed by atoms with Gasteiger partial charge in [0.25, 0.3) is 0 Å². The lowest BCUT2D eigenvalue weighted by Gasteiger charge is -2.30. The third-order valence-corrected chi connectivity index (χ3v) is 4.96. The van der Waals surface area contributed by atoms with Crippen LogP contribution in [0.4, 0.5) is 0 Å². The molecule has 0 saturated carbocycles. The number of benzene rings is 2. The molecular formula is C21H25NO3. The van der Waals surface area contributed by atoms with Gasteiger partial charge in [0.2, 0.25) is 5.91 Å². The molecule has 1 heterocycles. The summed E-state index contributed by atoms with van der Waals surface area (Å²) in [5.74, 6) is 0.804. The van der Waals surface area contributed by atoms with Crippen molar-refractivity contribution >= 4 is 5.91 Å². The first-order chi connectivity index (χ1) is 12.0. The average Bonchev–Trinajstić information content (AvgIpc) is 3.12. The Hall–Kier alpha value is -2.33. The van der Waals surface area contributed by atoms with E-state index >= 15 is 0 Å². The van der Waals surface area contributed by atoms with Crippen LogP contribution in [0.15, 0.2) is 54.6 Å². The summed E-state index contributed by atoms with van der Waals surface area (Å²) in [5.41, 5.74) is 0.723. The van der Waals surface area contributed by atoms with Crippen LogP contribution in [0.2, 0.25) is 0 Å². The van der Waals surface area contributed by atoms with Gasteiger partial charge in [-0.05, 0) is 43.0 Å². The number of hydrogen-bond donors (Lipinski definition) is 1. The van der Waals surface area contributed by atoms with Crippen molar-refractivity contribution in [1.29, 1.82) is 0 Å². The lowest BCUT2D eigenvalue weighted by atomic mass is 9.91. The van der Waals surface area contributed by atoms with Crippen molar-refractivity contribution in [2.24, 2.45) is 0 Å². The van der Waals surface area contributed by atoms with Gasteiger partial charge in [-0.15, -0.1) is 0 Å². The molecule has 3 rings (SSSR count). The second kappa shape index (κ2) is 7.28. The van der Waals surface area contributed by atoms with Crippen LogP contribution in [0.5, 0.6) is 5.75 Å². The van der Waals surface area contributed by atoms with E-state index in [1.165, 1.54) is 0 Å². The van der Waals surface area contributed by atoms with Crippen molar-refractivity contribution in [3.63, 3.8) is 0 Å². The largest absolute Gasteiger partial charge is 0.497 e. The molecule has 1 fully saturated rings. The summed E-state index contributed by atoms with van der Waals surface area (Å²) in [7, 11) is 1.64. The zero-order chi connectivity index (χ0) is 17.9. The summed E-state index contributed by atoms with van der Waals surface area (Å²) >= 11 is 0. The van der Waals surface area contributed by atoms with Gasteiger partial charge in [-0.3, -0.25) is 4.79 Å². The van der Waals surface area contributed by atoms with Crippen molar-refractivity contribution < 1.29 is 14.6 Å². The molecule has 1 aliphatic heterocycles. The van der Waals surface area contributed by atoms with Gasteiger partial charge in [0.05, 0.1) is 25.2 Å². The maximum Gasteiger partial charge on any atom is 0.226 e. The highest BCUT2D eigenvalue weighted by Crippen LogP contribution is 2.35. The number of rotatable bonds is 5. The van der Waals surface area contributed by atoms with Crippen molar-refractivity contribution in [3.8, 4) is 5.75 Å². The molecule has 132 valence electrons. The quantitative estimate of drug-likeness (QED) is 0.904. The van der Waals surface area contributed by atoms with Crippen LogP contribution in [-0.2, 0) is 10.4 Å². The number of amides is 1. The first-order valence-electron chi connectivity index (χ1n) is 8.72. The first kappa shape index (κ1) is 17.5. The molecule has 0 radical (unpaired) electrons. The normalized spacial score (nSPS) is 19.5. The molecular weight excluding hydrogens is 314 g/mol. The SMILES string of the molecule is COc1ccc(C2CCCN2C(=O)CC(C)(O)c2ccccc2)cc1. The highest BCUT2D eigenvalue weighted by atomic mass is 16.5. The van der Waals surface area contributed by atoms with Crippen LogP contribution >= 0.6 is 0 Å². The number of likely N-dealkylation sites (tertiary alicyclic amines) is 1. The van der Waals surface area contributed by atoms with Crippen LogP contribution in [0.1, 0.15) is 43.4 Å². The second-order valence-electron chi connectivity index (χ2n) is 6.83. The van der Waals surface area contributed by atoms with Crippen molar-refractivity contribution in [2.75, 3.05) is 13.7 Å². The fourth-order valence-corrected chi connectivity index (χ4v) is 3.53. The predicted molar refractivity (Wildman–Crippen MR) is 97.3 cm³/mol. The van der Waals surface area contributed by atoms with Gasteiger partial charge >= 0.3 is 0 Å². The Morgan fingerprint density at radius 2 is 1.88 bits per heavy atom. The molecule has 4 heteroatoms. The number of hydrogen-bond acceptors (Lipinski definition) is 3. The Morgan fingerprint density at radius 1 is 1.20 bits per heavy atom. The molecule has 1 N–H and O–H groups in total. The van der Waals surface area contributed by atoms with Crippen molar-refractivity contribution in [3.05, 3.63) is 65.7 Å². The van der Waals surface area contributed by atoms with Crippen LogP contribution in [0.25, 0.3) is 0 Å². The van der Waals surface area contributed by atoms with E-state index in [9.17, 15) is 9.90 Å². The Morgan fingerprint density at radius 3 is 2.52 bits per heavy atom. The van der Waals surface area contributed by atoms with Gasteiger partial charge in [-0.25, -0.2) is 0 Å². The number of methoxy groups -OCH3 is 1. The molecule has 0 aromatic heterocycles. The highest BCUT2D eigenvalue weighted by molar-refractivity contribution is 5.78. The van der Waals surface area contributed by atoms with Gasteiger partial charge in [0.15, 0.2) is 0 Å². The Labute approximate surface area is 149 Å². The van der Waals surface area contributed by atoms with Crippen LogP contribution in [0.3, 0.4) is 0 Å². The maximum atomic E-state index is 12.9. The standard InChI is InChI=1S/C21H25NO3/c1-21(24,17-7-4-3-5-8-17)15-20(23)22-14-6-9-19(22)16-10-12-18(25-2)13-11-16/h3-5,7-8,10-13,19,24H,6,9,14-15H2,1-2H3. The summed E-state index contributed by atoms with van der Waals surface area (Å²) in [5, 5.41) is 10.8. The predicted octanol–water partition coefficient (Wildman–Crippen LogP) is 3.66.